The molecule has 5 nitrogen and oxygen atoms in total. The maximum absolute atomic E-state index is 12.0. The summed E-state index contributed by atoms with van der Waals surface area (Å²) in [5.74, 6) is 1.02. The number of carbonyl (C=O) groups excluding carboxylic acids is 1. The number of benzene rings is 1. The second kappa shape index (κ2) is 5.24. The van der Waals surface area contributed by atoms with Gasteiger partial charge in [0.15, 0.2) is 5.82 Å². The lowest BCUT2D eigenvalue weighted by Crippen LogP contribution is -2.22. The number of rotatable bonds is 2. The van der Waals surface area contributed by atoms with Crippen LogP contribution in [0.1, 0.15) is 24.6 Å². The van der Waals surface area contributed by atoms with Crippen LogP contribution in [0.3, 0.4) is 0 Å². The van der Waals surface area contributed by atoms with Crippen LogP contribution < -0.4 is 10.2 Å². The second-order valence-electron chi connectivity index (χ2n) is 5.36. The number of amides is 1. The fourth-order valence-corrected chi connectivity index (χ4v) is 2.88. The fraction of sp³-hybridized carbons (Fsp3) is 0.375. The third-order valence-corrected chi connectivity index (χ3v) is 3.91. The Hall–Kier alpha value is -2.30. The Bertz CT molecular complexity index is 690. The maximum Gasteiger partial charge on any atom is 0.226 e. The number of nitrogens with one attached hydrogen (secondary N) is 1. The van der Waals surface area contributed by atoms with Crippen molar-refractivity contribution in [1.29, 1.82) is 0 Å². The first kappa shape index (κ1) is 13.7. The largest absolute Gasteiger partial charge is 0.324 e. The number of para-hydroxylation sites is 1. The van der Waals surface area contributed by atoms with Crippen LogP contribution in [0.5, 0.6) is 0 Å². The first-order valence-electron chi connectivity index (χ1n) is 7.30. The van der Waals surface area contributed by atoms with Crippen LogP contribution in [0.25, 0.3) is 0 Å². The predicted octanol–water partition coefficient (Wildman–Crippen LogP) is 2.77. The number of aryl methyl sites for hydroxylation is 3. The summed E-state index contributed by atoms with van der Waals surface area (Å²) in [6.07, 6.45) is 1.28. The molecule has 110 valence electrons. The number of aromatic nitrogens is 2. The minimum Gasteiger partial charge on any atom is -0.324 e. The first-order chi connectivity index (χ1) is 10.1. The highest BCUT2D eigenvalue weighted by molar-refractivity contribution is 5.97. The van der Waals surface area contributed by atoms with Crippen molar-refractivity contribution >= 4 is 23.1 Å². The molecule has 1 N–H and O–H groups in total. The van der Waals surface area contributed by atoms with Crippen molar-refractivity contribution in [2.45, 2.75) is 26.7 Å². The highest BCUT2D eigenvalue weighted by Gasteiger charge is 2.27. The summed E-state index contributed by atoms with van der Waals surface area (Å²) in [6, 6.07) is 8.24. The molecule has 3 rings (SSSR count). The van der Waals surface area contributed by atoms with E-state index in [1.807, 2.05) is 23.9 Å². The third kappa shape index (κ3) is 2.28. The van der Waals surface area contributed by atoms with E-state index in [4.69, 9.17) is 0 Å². The zero-order chi connectivity index (χ0) is 15.0. The molecule has 0 spiro atoms. The van der Waals surface area contributed by atoms with Crippen molar-refractivity contribution in [3.63, 3.8) is 0 Å². The van der Waals surface area contributed by atoms with E-state index < -0.39 is 0 Å². The fourth-order valence-electron chi connectivity index (χ4n) is 2.88. The van der Waals surface area contributed by atoms with E-state index in [9.17, 15) is 4.79 Å². The van der Waals surface area contributed by atoms with Crippen molar-refractivity contribution in [3.8, 4) is 0 Å². The zero-order valence-corrected chi connectivity index (χ0v) is 12.7. The molecule has 1 aliphatic rings. The Morgan fingerprint density at radius 3 is 2.81 bits per heavy atom. The summed E-state index contributed by atoms with van der Waals surface area (Å²) in [5, 5.41) is 7.57. The summed E-state index contributed by atoms with van der Waals surface area (Å²) in [4.78, 5) is 14.2. The molecule has 1 amide bonds. The summed E-state index contributed by atoms with van der Waals surface area (Å²) in [6.45, 7) is 4.80. The Balaban J connectivity index is 2.18. The third-order valence-electron chi connectivity index (χ3n) is 3.91. The highest BCUT2D eigenvalue weighted by atomic mass is 16.1. The second-order valence-corrected chi connectivity index (χ2v) is 5.36. The Morgan fingerprint density at radius 1 is 1.33 bits per heavy atom. The molecule has 21 heavy (non-hydrogen) atoms. The molecule has 2 aromatic rings. The van der Waals surface area contributed by atoms with Crippen molar-refractivity contribution in [2.75, 3.05) is 16.8 Å². The average Bonchev–Trinajstić information content (AvgIpc) is 2.66. The van der Waals surface area contributed by atoms with Gasteiger partial charge >= 0.3 is 0 Å². The monoisotopic (exact) mass is 284 g/mol. The molecule has 0 unspecified atom stereocenters. The molecule has 0 bridgehead atoms. The van der Waals surface area contributed by atoms with Gasteiger partial charge < -0.3 is 10.2 Å². The standard InChI is InChI=1S/C16H20N4O/c1-4-12-15-16(19(3)18-12)20(10-9-14(21)17-15)13-8-6-5-7-11(13)2/h5-8H,4,9-10H2,1-3H3,(H,17,21). The zero-order valence-electron chi connectivity index (χ0n) is 12.7. The van der Waals surface area contributed by atoms with Gasteiger partial charge in [-0.05, 0) is 25.0 Å². The maximum atomic E-state index is 12.0. The summed E-state index contributed by atoms with van der Waals surface area (Å²) in [5.41, 5.74) is 4.10. The van der Waals surface area contributed by atoms with E-state index in [1.165, 1.54) is 5.56 Å². The number of carbonyl (C=O) groups is 1. The number of nitrogens with zero attached hydrogens (tertiary/aromatic N) is 3. The van der Waals surface area contributed by atoms with E-state index in [-0.39, 0.29) is 5.91 Å². The molecule has 0 aliphatic carbocycles. The lowest BCUT2D eigenvalue weighted by molar-refractivity contribution is -0.115. The minimum absolute atomic E-state index is 0.0510. The summed E-state index contributed by atoms with van der Waals surface area (Å²) >= 11 is 0. The summed E-state index contributed by atoms with van der Waals surface area (Å²) in [7, 11) is 1.93. The number of fused-ring (bicyclic) bond motifs is 1. The van der Waals surface area contributed by atoms with Gasteiger partial charge in [0.05, 0.1) is 5.69 Å². The van der Waals surface area contributed by atoms with Gasteiger partial charge in [0.25, 0.3) is 0 Å². The lowest BCUT2D eigenvalue weighted by atomic mass is 10.1. The van der Waals surface area contributed by atoms with E-state index in [0.29, 0.717) is 13.0 Å². The molecule has 1 aromatic heterocycles. The first-order valence-corrected chi connectivity index (χ1v) is 7.30. The van der Waals surface area contributed by atoms with Crippen LogP contribution in [-0.4, -0.2) is 22.2 Å². The summed E-state index contributed by atoms with van der Waals surface area (Å²) < 4.78 is 1.87. The van der Waals surface area contributed by atoms with Crippen LogP contribution in [0.4, 0.5) is 17.2 Å². The van der Waals surface area contributed by atoms with Gasteiger partial charge in [-0.25, -0.2) is 0 Å². The molecule has 0 fully saturated rings. The molecular formula is C16H20N4O. The van der Waals surface area contributed by atoms with E-state index in [2.05, 4.69) is 41.3 Å². The predicted molar refractivity (Wildman–Crippen MR) is 84.0 cm³/mol. The lowest BCUT2D eigenvalue weighted by Gasteiger charge is -2.25. The topological polar surface area (TPSA) is 50.2 Å². The van der Waals surface area contributed by atoms with Gasteiger partial charge in [-0.1, -0.05) is 25.1 Å². The number of anilines is 3. The minimum atomic E-state index is 0.0510. The van der Waals surface area contributed by atoms with Crippen LogP contribution in [0.15, 0.2) is 24.3 Å². The molecule has 0 saturated carbocycles. The Kier molecular flexibility index (Phi) is 3.41. The van der Waals surface area contributed by atoms with Crippen LogP contribution in [0.2, 0.25) is 0 Å². The van der Waals surface area contributed by atoms with Gasteiger partial charge in [-0.15, -0.1) is 0 Å². The average molecular weight is 284 g/mol. The van der Waals surface area contributed by atoms with Crippen LogP contribution in [-0.2, 0) is 18.3 Å². The Labute approximate surface area is 124 Å². The van der Waals surface area contributed by atoms with Gasteiger partial charge in [0.2, 0.25) is 5.91 Å². The Morgan fingerprint density at radius 2 is 2.10 bits per heavy atom. The number of hydrogen-bond donors (Lipinski definition) is 1. The molecule has 0 atom stereocenters. The van der Waals surface area contributed by atoms with Crippen molar-refractivity contribution < 1.29 is 4.79 Å². The van der Waals surface area contributed by atoms with Crippen LogP contribution in [0, 0.1) is 6.92 Å². The van der Waals surface area contributed by atoms with Gasteiger partial charge in [-0.3, -0.25) is 9.48 Å². The van der Waals surface area contributed by atoms with Gasteiger partial charge in [0, 0.05) is 25.7 Å². The van der Waals surface area contributed by atoms with Crippen molar-refractivity contribution in [2.24, 2.45) is 7.05 Å². The molecule has 0 radical (unpaired) electrons. The molecular weight excluding hydrogens is 264 g/mol. The van der Waals surface area contributed by atoms with Gasteiger partial charge in [-0.2, -0.15) is 5.10 Å². The molecule has 1 aromatic carbocycles. The van der Waals surface area contributed by atoms with Gasteiger partial charge in [0.1, 0.15) is 5.69 Å². The SMILES string of the molecule is CCc1nn(C)c2c1NC(=O)CCN2c1ccccc1C. The molecule has 1 aliphatic heterocycles. The smallest absolute Gasteiger partial charge is 0.226 e. The van der Waals surface area contributed by atoms with Crippen molar-refractivity contribution in [3.05, 3.63) is 35.5 Å². The van der Waals surface area contributed by atoms with E-state index in [0.717, 1.165) is 29.3 Å². The van der Waals surface area contributed by atoms with E-state index in [1.54, 1.807) is 0 Å². The molecule has 5 heteroatoms. The van der Waals surface area contributed by atoms with E-state index >= 15 is 0 Å². The highest BCUT2D eigenvalue weighted by Crippen LogP contribution is 2.37. The normalized spacial score (nSPS) is 14.6. The number of hydrogen-bond acceptors (Lipinski definition) is 3. The van der Waals surface area contributed by atoms with Crippen molar-refractivity contribution in [1.82, 2.24) is 9.78 Å². The molecule has 2 heterocycles. The quantitative estimate of drug-likeness (QED) is 0.922. The molecule has 0 saturated heterocycles. The van der Waals surface area contributed by atoms with Crippen LogP contribution >= 0.6 is 0 Å².